The highest BCUT2D eigenvalue weighted by atomic mass is 32.1. The second-order valence-corrected chi connectivity index (χ2v) is 9.34. The number of aromatic nitrogens is 2. The molecule has 32 heavy (non-hydrogen) atoms. The molecule has 2 aromatic heterocycles. The number of benzene rings is 1. The van der Waals surface area contributed by atoms with Gasteiger partial charge in [0.2, 0.25) is 0 Å². The second kappa shape index (κ2) is 9.86. The summed E-state index contributed by atoms with van der Waals surface area (Å²) in [6.07, 6.45) is 4.19. The minimum Gasteiger partial charge on any atom is -0.493 e. The average molecular weight is 455 g/mol. The number of para-hydroxylation sites is 1. The number of nitrogens with zero attached hydrogens (tertiary/aromatic N) is 2. The van der Waals surface area contributed by atoms with Crippen molar-refractivity contribution in [1.82, 2.24) is 9.55 Å². The van der Waals surface area contributed by atoms with Crippen LogP contribution in [0.25, 0.3) is 10.2 Å². The standard InChI is InChI=1S/C25H30N2O4S/c1-4-30-25(29)18-11-9-13-20-21(18)22-23(32-20)26-17(3)27(24(22)28)14-7-8-15-31-19-12-6-5-10-16(19)2/h5-6,10,12,18H,4,7-9,11,13-15H2,1-3H3. The maximum atomic E-state index is 13.5. The molecular weight excluding hydrogens is 424 g/mol. The van der Waals surface area contributed by atoms with Crippen molar-refractivity contribution in [2.45, 2.75) is 65.3 Å². The Balaban J connectivity index is 1.53. The minimum absolute atomic E-state index is 0.0407. The summed E-state index contributed by atoms with van der Waals surface area (Å²) in [5.74, 6) is 1.03. The molecule has 2 heterocycles. The molecule has 0 spiro atoms. The largest absolute Gasteiger partial charge is 0.493 e. The van der Waals surface area contributed by atoms with Crippen LogP contribution in [0.1, 0.15) is 60.4 Å². The van der Waals surface area contributed by atoms with Crippen molar-refractivity contribution in [3.8, 4) is 5.75 Å². The molecule has 0 bridgehead atoms. The summed E-state index contributed by atoms with van der Waals surface area (Å²) in [4.78, 5) is 32.7. The van der Waals surface area contributed by atoms with Crippen LogP contribution in [0.3, 0.4) is 0 Å². The van der Waals surface area contributed by atoms with E-state index >= 15 is 0 Å². The predicted octanol–water partition coefficient (Wildman–Crippen LogP) is 4.92. The molecule has 170 valence electrons. The van der Waals surface area contributed by atoms with E-state index in [0.29, 0.717) is 31.0 Å². The quantitative estimate of drug-likeness (QED) is 0.357. The van der Waals surface area contributed by atoms with Crippen molar-refractivity contribution in [1.29, 1.82) is 0 Å². The number of esters is 1. The zero-order valence-electron chi connectivity index (χ0n) is 19.0. The first-order valence-corrected chi connectivity index (χ1v) is 12.2. The van der Waals surface area contributed by atoms with Crippen LogP contribution in [0.5, 0.6) is 5.75 Å². The van der Waals surface area contributed by atoms with Crippen LogP contribution < -0.4 is 10.3 Å². The van der Waals surface area contributed by atoms with E-state index in [2.05, 4.69) is 0 Å². The first-order valence-electron chi connectivity index (χ1n) is 11.4. The smallest absolute Gasteiger partial charge is 0.313 e. The van der Waals surface area contributed by atoms with Crippen molar-refractivity contribution in [3.05, 3.63) is 56.4 Å². The van der Waals surface area contributed by atoms with E-state index in [1.807, 2.05) is 45.0 Å². The summed E-state index contributed by atoms with van der Waals surface area (Å²) in [6.45, 7) is 7.26. The number of carbonyl (C=O) groups is 1. The van der Waals surface area contributed by atoms with Crippen LogP contribution in [0.2, 0.25) is 0 Å². The monoisotopic (exact) mass is 454 g/mol. The Hall–Kier alpha value is -2.67. The molecule has 0 fully saturated rings. The summed E-state index contributed by atoms with van der Waals surface area (Å²) >= 11 is 1.55. The number of thiophene rings is 1. The lowest BCUT2D eigenvalue weighted by Gasteiger charge is -2.21. The first-order chi connectivity index (χ1) is 15.5. The zero-order valence-corrected chi connectivity index (χ0v) is 19.8. The Morgan fingerprint density at radius 2 is 2.06 bits per heavy atom. The van der Waals surface area contributed by atoms with E-state index in [-0.39, 0.29) is 17.4 Å². The van der Waals surface area contributed by atoms with Gasteiger partial charge in [-0.2, -0.15) is 0 Å². The number of rotatable bonds is 8. The van der Waals surface area contributed by atoms with Gasteiger partial charge >= 0.3 is 5.97 Å². The van der Waals surface area contributed by atoms with Crippen LogP contribution in [0.15, 0.2) is 29.1 Å². The lowest BCUT2D eigenvalue weighted by molar-refractivity contribution is -0.145. The molecule has 0 saturated heterocycles. The van der Waals surface area contributed by atoms with Gasteiger partial charge in [0, 0.05) is 11.4 Å². The van der Waals surface area contributed by atoms with Crippen molar-refractivity contribution in [2.75, 3.05) is 13.2 Å². The number of aryl methyl sites for hydroxylation is 3. The lowest BCUT2D eigenvalue weighted by atomic mass is 9.86. The van der Waals surface area contributed by atoms with Crippen molar-refractivity contribution < 1.29 is 14.3 Å². The fourth-order valence-electron chi connectivity index (χ4n) is 4.43. The van der Waals surface area contributed by atoms with Crippen LogP contribution in [-0.2, 0) is 22.5 Å². The molecule has 0 aliphatic heterocycles. The van der Waals surface area contributed by atoms with Crippen LogP contribution in [0, 0.1) is 13.8 Å². The van der Waals surface area contributed by atoms with Crippen molar-refractivity contribution in [2.24, 2.45) is 0 Å². The van der Waals surface area contributed by atoms with E-state index in [1.165, 1.54) is 0 Å². The average Bonchev–Trinajstić information content (AvgIpc) is 3.15. The molecule has 7 heteroatoms. The van der Waals surface area contributed by atoms with Gasteiger partial charge < -0.3 is 9.47 Å². The van der Waals surface area contributed by atoms with Gasteiger partial charge in [0.15, 0.2) is 0 Å². The molecule has 1 aromatic carbocycles. The maximum absolute atomic E-state index is 13.5. The summed E-state index contributed by atoms with van der Waals surface area (Å²) in [5.41, 5.74) is 1.94. The number of unbranched alkanes of at least 4 members (excludes halogenated alkanes) is 1. The molecule has 1 atom stereocenters. The molecule has 1 aliphatic rings. The Morgan fingerprint density at radius 3 is 2.84 bits per heavy atom. The number of carbonyl (C=O) groups excluding carboxylic acids is 1. The summed E-state index contributed by atoms with van der Waals surface area (Å²) in [6, 6.07) is 7.97. The van der Waals surface area contributed by atoms with Gasteiger partial charge in [-0.15, -0.1) is 11.3 Å². The minimum atomic E-state index is -0.361. The van der Waals surface area contributed by atoms with Gasteiger partial charge in [-0.25, -0.2) is 4.98 Å². The molecule has 0 radical (unpaired) electrons. The molecular formula is C25H30N2O4S. The molecule has 1 unspecified atom stereocenters. The topological polar surface area (TPSA) is 70.4 Å². The molecule has 6 nitrogen and oxygen atoms in total. The Kier molecular flexibility index (Phi) is 6.94. The van der Waals surface area contributed by atoms with Gasteiger partial charge in [0.25, 0.3) is 5.56 Å². The Labute approximate surface area is 192 Å². The number of hydrogen-bond donors (Lipinski definition) is 0. The molecule has 0 amide bonds. The third-order valence-electron chi connectivity index (χ3n) is 6.06. The van der Waals surface area contributed by atoms with Crippen LogP contribution in [0.4, 0.5) is 0 Å². The highest BCUT2D eigenvalue weighted by molar-refractivity contribution is 7.18. The summed E-state index contributed by atoms with van der Waals surface area (Å²) < 4.78 is 12.9. The van der Waals surface area contributed by atoms with E-state index < -0.39 is 0 Å². The molecule has 1 aliphatic carbocycles. The van der Waals surface area contributed by atoms with Gasteiger partial charge in [-0.1, -0.05) is 18.2 Å². The zero-order chi connectivity index (χ0) is 22.7. The Morgan fingerprint density at radius 1 is 1.25 bits per heavy atom. The highest BCUT2D eigenvalue weighted by Crippen LogP contribution is 2.41. The van der Waals surface area contributed by atoms with Crippen LogP contribution >= 0.6 is 11.3 Å². The SMILES string of the molecule is CCOC(=O)C1CCCc2sc3nc(C)n(CCCCOc4ccccc4C)c(=O)c3c21. The third kappa shape index (κ3) is 4.44. The first kappa shape index (κ1) is 22.5. The Bertz CT molecular complexity index is 1180. The predicted molar refractivity (Wildman–Crippen MR) is 127 cm³/mol. The van der Waals surface area contributed by atoms with E-state index in [9.17, 15) is 9.59 Å². The van der Waals surface area contributed by atoms with Gasteiger partial charge in [0.1, 0.15) is 16.4 Å². The van der Waals surface area contributed by atoms with Gasteiger partial charge in [-0.3, -0.25) is 14.2 Å². The number of ether oxygens (including phenoxy) is 2. The van der Waals surface area contributed by atoms with E-state index in [1.54, 1.807) is 15.9 Å². The molecule has 0 saturated carbocycles. The molecule has 4 rings (SSSR count). The second-order valence-electron chi connectivity index (χ2n) is 8.25. The van der Waals surface area contributed by atoms with Crippen molar-refractivity contribution >= 4 is 27.5 Å². The summed E-state index contributed by atoms with van der Waals surface area (Å²) in [5, 5.41) is 0.615. The van der Waals surface area contributed by atoms with E-state index in [0.717, 1.165) is 58.7 Å². The van der Waals surface area contributed by atoms with Gasteiger partial charge in [-0.05, 0) is 70.1 Å². The van der Waals surface area contributed by atoms with Crippen LogP contribution in [-0.4, -0.2) is 28.7 Å². The fraction of sp³-hybridized carbons (Fsp3) is 0.480. The maximum Gasteiger partial charge on any atom is 0.313 e. The third-order valence-corrected chi connectivity index (χ3v) is 7.22. The summed E-state index contributed by atoms with van der Waals surface area (Å²) in [7, 11) is 0. The highest BCUT2D eigenvalue weighted by Gasteiger charge is 2.33. The van der Waals surface area contributed by atoms with Gasteiger partial charge in [0.05, 0.1) is 24.5 Å². The normalized spacial score (nSPS) is 15.5. The molecule has 3 aromatic rings. The lowest BCUT2D eigenvalue weighted by Crippen LogP contribution is -2.26. The molecule has 0 N–H and O–H groups in total. The van der Waals surface area contributed by atoms with E-state index in [4.69, 9.17) is 14.5 Å². The number of fused-ring (bicyclic) bond motifs is 3. The van der Waals surface area contributed by atoms with Crippen molar-refractivity contribution in [3.63, 3.8) is 0 Å². The fourth-order valence-corrected chi connectivity index (χ4v) is 5.74. The number of hydrogen-bond acceptors (Lipinski definition) is 6.